The van der Waals surface area contributed by atoms with Gasteiger partial charge >= 0.3 is 0 Å². The summed E-state index contributed by atoms with van der Waals surface area (Å²) in [6, 6.07) is 6.23. The third kappa shape index (κ3) is 4.90. The number of nitrogens with zero attached hydrogens (tertiary/aromatic N) is 3. The van der Waals surface area contributed by atoms with Gasteiger partial charge in [0.05, 0.1) is 31.9 Å². The summed E-state index contributed by atoms with van der Waals surface area (Å²) < 4.78 is 15.5. The van der Waals surface area contributed by atoms with E-state index in [4.69, 9.17) is 0 Å². The molecule has 3 rings (SSSR count). The van der Waals surface area contributed by atoms with Gasteiger partial charge in [0.1, 0.15) is 32.0 Å². The van der Waals surface area contributed by atoms with Gasteiger partial charge in [-0.1, -0.05) is 23.4 Å². The van der Waals surface area contributed by atoms with Crippen LogP contribution in [0.2, 0.25) is 0 Å². The molecule has 0 radical (unpaired) electrons. The summed E-state index contributed by atoms with van der Waals surface area (Å²) in [6.45, 7) is 11.5. The van der Waals surface area contributed by atoms with Gasteiger partial charge in [-0.3, -0.25) is 4.79 Å². The molecule has 1 fully saturated rings. The fraction of sp³-hybridized carbons (Fsp3) is 0.526. The molecule has 1 atom stereocenters. The number of hydrogen-bond acceptors (Lipinski definition) is 3. The van der Waals surface area contributed by atoms with Crippen LogP contribution in [0.25, 0.3) is 0 Å². The van der Waals surface area contributed by atoms with Gasteiger partial charge in [-0.25, -0.2) is 9.07 Å². The van der Waals surface area contributed by atoms with Crippen molar-refractivity contribution in [2.45, 2.75) is 19.9 Å². The predicted molar refractivity (Wildman–Crippen MR) is 99.4 cm³/mol. The lowest BCUT2D eigenvalue weighted by Crippen LogP contribution is -3.28. The molecule has 0 unspecified atom stereocenters. The van der Waals surface area contributed by atoms with E-state index in [1.165, 1.54) is 35.3 Å². The van der Waals surface area contributed by atoms with Gasteiger partial charge in [0.15, 0.2) is 5.69 Å². The molecule has 1 amide bonds. The Labute approximate surface area is 159 Å². The minimum Gasteiger partial charge on any atom is -0.345 e. The number of halogens is 1. The molecule has 8 heteroatoms. The van der Waals surface area contributed by atoms with Gasteiger partial charge < -0.3 is 15.1 Å². The van der Waals surface area contributed by atoms with Crippen molar-refractivity contribution in [3.8, 4) is 0 Å². The third-order valence-electron chi connectivity index (χ3n) is 5.42. The number of carbonyl (C=O) groups is 1. The molecule has 0 bridgehead atoms. The zero-order chi connectivity index (χ0) is 19.2. The second-order valence-corrected chi connectivity index (χ2v) is 7.14. The first kappa shape index (κ1) is 19.4. The standard InChI is InChI=1S/C19H27FN6O/c1-3-24-10-12-25(13-11-24)9-8-21-19(27)18-14-26(23-22-18)15(2)16-6-4-5-7-17(16)20/h4-7,14-15H,3,8-13H2,1-2H3,(H,21,27)/p+2/t15-/m0/s1. The highest BCUT2D eigenvalue weighted by Gasteiger charge is 2.22. The van der Waals surface area contributed by atoms with Crippen LogP contribution < -0.4 is 15.1 Å². The summed E-state index contributed by atoms with van der Waals surface area (Å²) in [5.41, 5.74) is 0.778. The number of quaternary nitrogens is 2. The topological polar surface area (TPSA) is 68.7 Å². The molecule has 27 heavy (non-hydrogen) atoms. The minimum atomic E-state index is -0.331. The summed E-state index contributed by atoms with van der Waals surface area (Å²) >= 11 is 0. The van der Waals surface area contributed by atoms with Crippen LogP contribution >= 0.6 is 0 Å². The molecule has 2 aromatic rings. The molecule has 1 aliphatic rings. The number of likely N-dealkylation sites (N-methyl/N-ethyl adjacent to an activating group) is 1. The van der Waals surface area contributed by atoms with Crippen molar-refractivity contribution in [1.29, 1.82) is 0 Å². The molecule has 0 spiro atoms. The highest BCUT2D eigenvalue weighted by molar-refractivity contribution is 5.91. The highest BCUT2D eigenvalue weighted by atomic mass is 19.1. The van der Waals surface area contributed by atoms with Crippen molar-refractivity contribution in [2.24, 2.45) is 0 Å². The average molecular weight is 376 g/mol. The fourth-order valence-corrected chi connectivity index (χ4v) is 3.53. The third-order valence-corrected chi connectivity index (χ3v) is 5.42. The lowest BCUT2D eigenvalue weighted by atomic mass is 10.1. The van der Waals surface area contributed by atoms with Crippen molar-refractivity contribution >= 4 is 5.91 Å². The van der Waals surface area contributed by atoms with Crippen molar-refractivity contribution in [1.82, 2.24) is 20.3 Å². The molecule has 1 aromatic heterocycles. The van der Waals surface area contributed by atoms with Gasteiger partial charge in [0, 0.05) is 5.56 Å². The van der Waals surface area contributed by atoms with Crippen LogP contribution in [0, 0.1) is 5.82 Å². The lowest BCUT2D eigenvalue weighted by Gasteiger charge is -2.28. The number of rotatable bonds is 7. The number of piperazine rings is 1. The molecule has 0 aliphatic carbocycles. The fourth-order valence-electron chi connectivity index (χ4n) is 3.53. The molecule has 7 nitrogen and oxygen atoms in total. The van der Waals surface area contributed by atoms with Crippen molar-refractivity contribution < 1.29 is 19.0 Å². The van der Waals surface area contributed by atoms with E-state index in [-0.39, 0.29) is 23.5 Å². The zero-order valence-corrected chi connectivity index (χ0v) is 16.0. The normalized spacial score (nSPS) is 21.0. The van der Waals surface area contributed by atoms with Gasteiger partial charge in [-0.15, -0.1) is 5.10 Å². The first-order chi connectivity index (χ1) is 13.1. The van der Waals surface area contributed by atoms with Crippen LogP contribution in [0.5, 0.6) is 0 Å². The molecule has 0 saturated carbocycles. The number of carbonyl (C=O) groups excluding carboxylic acids is 1. The lowest BCUT2D eigenvalue weighted by molar-refractivity contribution is -1.01. The first-order valence-electron chi connectivity index (χ1n) is 9.70. The van der Waals surface area contributed by atoms with Gasteiger partial charge in [-0.2, -0.15) is 0 Å². The number of nitrogens with one attached hydrogen (secondary N) is 3. The van der Waals surface area contributed by atoms with Gasteiger partial charge in [-0.05, 0) is 19.9 Å². The van der Waals surface area contributed by atoms with Crippen molar-refractivity contribution in [2.75, 3.05) is 45.8 Å². The van der Waals surface area contributed by atoms with Crippen LogP contribution in [-0.2, 0) is 0 Å². The predicted octanol–water partition coefficient (Wildman–Crippen LogP) is -1.44. The zero-order valence-electron chi connectivity index (χ0n) is 16.0. The Morgan fingerprint density at radius 3 is 2.67 bits per heavy atom. The Kier molecular flexibility index (Phi) is 6.52. The Balaban J connectivity index is 1.49. The Morgan fingerprint density at radius 2 is 1.96 bits per heavy atom. The molecule has 3 N–H and O–H groups in total. The summed E-state index contributed by atoms with van der Waals surface area (Å²) in [5, 5.41) is 10.9. The van der Waals surface area contributed by atoms with Crippen molar-refractivity contribution in [3.63, 3.8) is 0 Å². The Morgan fingerprint density at radius 1 is 1.26 bits per heavy atom. The van der Waals surface area contributed by atoms with Gasteiger partial charge in [0.2, 0.25) is 0 Å². The highest BCUT2D eigenvalue weighted by Crippen LogP contribution is 2.19. The average Bonchev–Trinajstić information content (AvgIpc) is 3.19. The summed E-state index contributed by atoms with van der Waals surface area (Å²) in [5.74, 6) is -0.529. The summed E-state index contributed by atoms with van der Waals surface area (Å²) in [6.07, 6.45) is 1.57. The van der Waals surface area contributed by atoms with Crippen LogP contribution in [0.15, 0.2) is 30.5 Å². The van der Waals surface area contributed by atoms with E-state index >= 15 is 0 Å². The van der Waals surface area contributed by atoms with E-state index in [0.717, 1.165) is 19.6 Å². The van der Waals surface area contributed by atoms with E-state index in [9.17, 15) is 9.18 Å². The SMILES string of the molecule is CC[NH+]1CC[NH+](CCNC(=O)c2cn([C@@H](C)c3ccccc3F)nn2)CC1. The largest absolute Gasteiger partial charge is 0.345 e. The van der Waals surface area contributed by atoms with Crippen molar-refractivity contribution in [3.05, 3.63) is 47.5 Å². The smallest absolute Gasteiger partial charge is 0.273 e. The first-order valence-corrected chi connectivity index (χ1v) is 9.70. The molecule has 146 valence electrons. The van der Waals surface area contributed by atoms with E-state index in [2.05, 4.69) is 22.6 Å². The molecule has 1 aliphatic heterocycles. The quantitative estimate of drug-likeness (QED) is 0.555. The Bertz CT molecular complexity index is 756. The molecule has 1 aromatic carbocycles. The maximum atomic E-state index is 13.9. The van der Waals surface area contributed by atoms with Gasteiger partial charge in [0.25, 0.3) is 5.91 Å². The Hall–Kier alpha value is -2.32. The molecular formula is C19H29FN6O+2. The number of benzene rings is 1. The monoisotopic (exact) mass is 376 g/mol. The second-order valence-electron chi connectivity index (χ2n) is 7.14. The molecule has 1 saturated heterocycles. The number of aromatic nitrogens is 3. The number of amides is 1. The maximum Gasteiger partial charge on any atom is 0.273 e. The molecular weight excluding hydrogens is 347 g/mol. The van der Waals surface area contributed by atoms with Crippen LogP contribution in [0.3, 0.4) is 0 Å². The summed E-state index contributed by atoms with van der Waals surface area (Å²) in [4.78, 5) is 15.5. The van der Waals surface area contributed by atoms with E-state index < -0.39 is 0 Å². The van der Waals surface area contributed by atoms with Crippen LogP contribution in [0.1, 0.15) is 35.9 Å². The van der Waals surface area contributed by atoms with E-state index in [0.29, 0.717) is 12.1 Å². The molecule has 2 heterocycles. The van der Waals surface area contributed by atoms with Crippen LogP contribution in [0.4, 0.5) is 4.39 Å². The van der Waals surface area contributed by atoms with E-state index in [1.807, 2.05) is 6.92 Å². The maximum absolute atomic E-state index is 13.9. The second kappa shape index (κ2) is 9.05. The van der Waals surface area contributed by atoms with E-state index in [1.54, 1.807) is 29.3 Å². The minimum absolute atomic E-state index is 0.237. The number of hydrogen-bond donors (Lipinski definition) is 3. The summed E-state index contributed by atoms with van der Waals surface area (Å²) in [7, 11) is 0. The van der Waals surface area contributed by atoms with Crippen LogP contribution in [-0.4, -0.2) is 66.7 Å².